The van der Waals surface area contributed by atoms with Gasteiger partial charge in [0.15, 0.2) is 0 Å². The van der Waals surface area contributed by atoms with Gasteiger partial charge in [-0.15, -0.1) is 0 Å². The monoisotopic (exact) mass is 530 g/mol. The molecule has 0 aliphatic carbocycles. The van der Waals surface area contributed by atoms with Crippen LogP contribution in [0.15, 0.2) is 41.3 Å². The molecule has 0 bridgehead atoms. The van der Waals surface area contributed by atoms with Crippen LogP contribution in [0.4, 0.5) is 4.39 Å². The molecule has 1 aliphatic rings. The summed E-state index contributed by atoms with van der Waals surface area (Å²) < 4.78 is 22.6. The number of hydrogen-bond donors (Lipinski definition) is 2. The maximum Gasteiger partial charge on any atom is 0.341 e. The van der Waals surface area contributed by atoms with Crippen LogP contribution >= 0.6 is 11.6 Å². The smallest absolute Gasteiger partial charge is 0.341 e. The molecule has 1 saturated heterocycles. The largest absolute Gasteiger partial charge is 0.492 e. The van der Waals surface area contributed by atoms with Gasteiger partial charge in [0.05, 0.1) is 23.2 Å². The Labute approximate surface area is 220 Å². The van der Waals surface area contributed by atoms with Crippen molar-refractivity contribution in [2.45, 2.75) is 39.2 Å². The summed E-state index contributed by atoms with van der Waals surface area (Å²) in [6.07, 6.45) is 3.71. The number of nitrogens with zero attached hydrogens (tertiary/aromatic N) is 2. The normalized spacial score (nSPS) is 15.0. The molecular formula is C28H32ClFN2O5. The van der Waals surface area contributed by atoms with Crippen LogP contribution in [0.5, 0.6) is 5.75 Å². The zero-order valence-corrected chi connectivity index (χ0v) is 21.8. The molecule has 37 heavy (non-hydrogen) atoms. The molecule has 1 atom stereocenters. The molecule has 198 valence electrons. The van der Waals surface area contributed by atoms with Gasteiger partial charge in [0.25, 0.3) is 0 Å². The summed E-state index contributed by atoms with van der Waals surface area (Å²) in [5, 5.41) is 20.0. The first-order chi connectivity index (χ1) is 17.7. The number of benzene rings is 2. The average molecular weight is 531 g/mol. The van der Waals surface area contributed by atoms with Crippen molar-refractivity contribution in [2.75, 3.05) is 32.8 Å². The fraction of sp³-hybridized carbons (Fsp3) is 0.429. The Bertz CT molecular complexity index is 1350. The number of aliphatic hydroxyl groups is 1. The van der Waals surface area contributed by atoms with Gasteiger partial charge in [-0.2, -0.15) is 0 Å². The third-order valence-corrected chi connectivity index (χ3v) is 7.33. The summed E-state index contributed by atoms with van der Waals surface area (Å²) in [6.45, 7) is 6.76. The minimum atomic E-state index is -1.35. The molecule has 7 nitrogen and oxygen atoms in total. The summed E-state index contributed by atoms with van der Waals surface area (Å²) in [7, 11) is 0. The van der Waals surface area contributed by atoms with Crippen molar-refractivity contribution in [3.8, 4) is 5.75 Å². The molecule has 2 N–H and O–H groups in total. The lowest BCUT2D eigenvalue weighted by Gasteiger charge is -2.25. The van der Waals surface area contributed by atoms with Crippen LogP contribution in [0.25, 0.3) is 10.9 Å². The maximum absolute atomic E-state index is 14.8. The zero-order valence-electron chi connectivity index (χ0n) is 21.0. The highest BCUT2D eigenvalue weighted by atomic mass is 35.5. The van der Waals surface area contributed by atoms with Gasteiger partial charge in [0.2, 0.25) is 5.43 Å². The molecular weight excluding hydrogens is 499 g/mol. The summed E-state index contributed by atoms with van der Waals surface area (Å²) in [4.78, 5) is 27.5. The van der Waals surface area contributed by atoms with Gasteiger partial charge in [-0.3, -0.25) is 9.69 Å². The van der Waals surface area contributed by atoms with Crippen LogP contribution in [0, 0.1) is 11.7 Å². The molecule has 0 spiro atoms. The number of aromatic nitrogens is 1. The van der Waals surface area contributed by atoms with Crippen molar-refractivity contribution < 1.29 is 24.1 Å². The molecule has 0 amide bonds. The van der Waals surface area contributed by atoms with Crippen LogP contribution in [0.3, 0.4) is 0 Å². The molecule has 4 rings (SSSR count). The second kappa shape index (κ2) is 11.6. The average Bonchev–Trinajstić information content (AvgIpc) is 3.37. The third kappa shape index (κ3) is 5.81. The molecule has 0 radical (unpaired) electrons. The Kier molecular flexibility index (Phi) is 8.52. The molecule has 0 saturated carbocycles. The summed E-state index contributed by atoms with van der Waals surface area (Å²) in [6, 6.07) is 7.56. The van der Waals surface area contributed by atoms with Gasteiger partial charge in [-0.1, -0.05) is 37.6 Å². The van der Waals surface area contributed by atoms with Crippen molar-refractivity contribution in [3.05, 3.63) is 74.3 Å². The number of pyridine rings is 1. The molecule has 1 fully saturated rings. The van der Waals surface area contributed by atoms with E-state index in [1.54, 1.807) is 28.8 Å². The van der Waals surface area contributed by atoms with E-state index in [1.165, 1.54) is 12.3 Å². The minimum Gasteiger partial charge on any atom is -0.492 e. The molecule has 9 heteroatoms. The number of ether oxygens (including phenoxy) is 1. The van der Waals surface area contributed by atoms with Crippen LogP contribution in [-0.2, 0) is 6.42 Å². The van der Waals surface area contributed by atoms with Gasteiger partial charge in [0, 0.05) is 30.6 Å². The number of halogens is 2. The SMILES string of the molecule is CC(C)[C@@H](CO)n1cc(C(=O)O)c(=O)c2cc(Cc3cccc(Cl)c3F)c(OCCN3CCCC3)cc21. The third-order valence-electron chi connectivity index (χ3n) is 7.03. The fourth-order valence-corrected chi connectivity index (χ4v) is 5.12. The highest BCUT2D eigenvalue weighted by Crippen LogP contribution is 2.32. The van der Waals surface area contributed by atoms with Crippen molar-refractivity contribution in [2.24, 2.45) is 5.92 Å². The Morgan fingerprint density at radius 1 is 1.19 bits per heavy atom. The highest BCUT2D eigenvalue weighted by molar-refractivity contribution is 6.30. The number of aromatic carboxylic acids is 1. The Morgan fingerprint density at radius 3 is 2.57 bits per heavy atom. The van der Waals surface area contributed by atoms with Crippen LogP contribution in [-0.4, -0.2) is 58.5 Å². The summed E-state index contributed by atoms with van der Waals surface area (Å²) in [5.74, 6) is -1.47. The number of hydrogen-bond acceptors (Lipinski definition) is 5. The minimum absolute atomic E-state index is 0.00645. The van der Waals surface area contributed by atoms with E-state index in [4.69, 9.17) is 16.3 Å². The van der Waals surface area contributed by atoms with E-state index in [2.05, 4.69) is 4.90 Å². The second-order valence-electron chi connectivity index (χ2n) is 9.84. The number of rotatable bonds is 10. The van der Waals surface area contributed by atoms with E-state index in [0.717, 1.165) is 32.5 Å². The molecule has 1 aliphatic heterocycles. The van der Waals surface area contributed by atoms with Crippen molar-refractivity contribution in [1.29, 1.82) is 0 Å². The topological polar surface area (TPSA) is 92.0 Å². The molecule has 2 heterocycles. The van der Waals surface area contributed by atoms with E-state index in [9.17, 15) is 24.2 Å². The van der Waals surface area contributed by atoms with E-state index in [1.807, 2.05) is 13.8 Å². The lowest BCUT2D eigenvalue weighted by molar-refractivity contribution is 0.0694. The Balaban J connectivity index is 1.87. The first-order valence-electron chi connectivity index (χ1n) is 12.5. The van der Waals surface area contributed by atoms with Crippen LogP contribution in [0.2, 0.25) is 5.02 Å². The molecule has 1 aromatic heterocycles. The fourth-order valence-electron chi connectivity index (χ4n) is 4.92. The molecule has 3 aromatic rings. The predicted octanol–water partition coefficient (Wildman–Crippen LogP) is 4.75. The number of carbonyl (C=O) groups is 1. The van der Waals surface area contributed by atoms with Gasteiger partial charge >= 0.3 is 5.97 Å². The van der Waals surface area contributed by atoms with Gasteiger partial charge in [0.1, 0.15) is 23.7 Å². The van der Waals surface area contributed by atoms with E-state index in [-0.39, 0.29) is 29.4 Å². The predicted molar refractivity (Wildman–Crippen MR) is 142 cm³/mol. The van der Waals surface area contributed by atoms with Crippen LogP contribution < -0.4 is 10.2 Å². The van der Waals surface area contributed by atoms with E-state index in [0.29, 0.717) is 29.0 Å². The molecule has 0 unspecified atom stereocenters. The first-order valence-corrected chi connectivity index (χ1v) is 12.9. The number of aliphatic hydroxyl groups excluding tert-OH is 1. The standard InChI is InChI=1S/C28H32ClFN2O5/c1-17(2)24(16-33)32-15-21(28(35)36)27(34)20-13-19(12-18-6-5-7-22(29)26(18)30)25(14-23(20)32)37-11-10-31-8-3-4-9-31/h5-7,13-15,17,24,33H,3-4,8-12,16H2,1-2H3,(H,35,36)/t24-/m1/s1. The quantitative estimate of drug-likeness (QED) is 0.393. The van der Waals surface area contributed by atoms with Gasteiger partial charge < -0.3 is 19.5 Å². The Hall–Kier alpha value is -2.94. The highest BCUT2D eigenvalue weighted by Gasteiger charge is 2.23. The lowest BCUT2D eigenvalue weighted by atomic mass is 9.98. The van der Waals surface area contributed by atoms with Gasteiger partial charge in [-0.05, 0) is 55.1 Å². The lowest BCUT2D eigenvalue weighted by Crippen LogP contribution is -2.26. The van der Waals surface area contributed by atoms with E-state index >= 15 is 0 Å². The second-order valence-corrected chi connectivity index (χ2v) is 10.2. The van der Waals surface area contributed by atoms with Crippen LogP contribution in [0.1, 0.15) is 54.2 Å². The number of likely N-dealkylation sites (tertiary alicyclic amines) is 1. The number of fused-ring (bicyclic) bond motifs is 1. The summed E-state index contributed by atoms with van der Waals surface area (Å²) in [5.41, 5.74) is 0.298. The molecule has 2 aromatic carbocycles. The van der Waals surface area contributed by atoms with Crippen molar-refractivity contribution >= 4 is 28.5 Å². The Morgan fingerprint density at radius 2 is 1.92 bits per heavy atom. The zero-order chi connectivity index (χ0) is 26.7. The van der Waals surface area contributed by atoms with E-state index < -0.39 is 28.8 Å². The number of carboxylic acid groups (broad SMARTS) is 1. The van der Waals surface area contributed by atoms with Crippen molar-refractivity contribution in [3.63, 3.8) is 0 Å². The summed E-state index contributed by atoms with van der Waals surface area (Å²) >= 11 is 6.00. The van der Waals surface area contributed by atoms with Gasteiger partial charge in [-0.25, -0.2) is 9.18 Å². The maximum atomic E-state index is 14.8. The van der Waals surface area contributed by atoms with Crippen molar-refractivity contribution in [1.82, 2.24) is 9.47 Å². The number of carboxylic acids is 1. The first kappa shape index (κ1) is 27.1.